The van der Waals surface area contributed by atoms with Crippen LogP contribution in [0.5, 0.6) is 0 Å². The molecular formula is C25H17Br. The molecule has 0 saturated carbocycles. The van der Waals surface area contributed by atoms with Crippen molar-refractivity contribution >= 4 is 26.7 Å². The van der Waals surface area contributed by atoms with E-state index in [9.17, 15) is 0 Å². The fourth-order valence-corrected chi connectivity index (χ4v) is 5.42. The number of fused-ring (bicyclic) bond motifs is 7. The highest BCUT2D eigenvalue weighted by atomic mass is 79.9. The third-order valence-corrected chi connectivity index (χ3v) is 6.76. The standard InChI is InChI=1S/C25H17Br/c1-25(2)21-12-14(26)10-11-18(21)24-19-9-5-8-17-15-6-3-4-7-16(15)20(23(17)19)13-22(24)25/h3-13H,1-2H3. The molecule has 0 fully saturated rings. The first-order chi connectivity index (χ1) is 12.6. The van der Waals surface area contributed by atoms with Crippen molar-refractivity contribution in [3.8, 4) is 33.4 Å². The first-order valence-corrected chi connectivity index (χ1v) is 9.87. The van der Waals surface area contributed by atoms with Crippen LogP contribution >= 0.6 is 15.9 Å². The minimum absolute atomic E-state index is 0.00662. The molecule has 0 saturated heterocycles. The van der Waals surface area contributed by atoms with E-state index >= 15 is 0 Å². The Hall–Kier alpha value is -2.38. The van der Waals surface area contributed by atoms with Crippen molar-refractivity contribution in [3.05, 3.63) is 82.3 Å². The summed E-state index contributed by atoms with van der Waals surface area (Å²) in [6.45, 7) is 4.71. The molecule has 0 nitrogen and oxygen atoms in total. The molecule has 2 aliphatic rings. The van der Waals surface area contributed by atoms with E-state index in [1.54, 1.807) is 0 Å². The Morgan fingerprint density at radius 1 is 0.654 bits per heavy atom. The van der Waals surface area contributed by atoms with Gasteiger partial charge in [0.05, 0.1) is 0 Å². The van der Waals surface area contributed by atoms with Gasteiger partial charge in [-0.3, -0.25) is 0 Å². The van der Waals surface area contributed by atoms with E-state index in [1.165, 1.54) is 55.3 Å². The van der Waals surface area contributed by atoms with Crippen molar-refractivity contribution in [1.29, 1.82) is 0 Å². The fourth-order valence-electron chi connectivity index (χ4n) is 5.05. The molecule has 4 aromatic rings. The molecule has 124 valence electrons. The smallest absolute Gasteiger partial charge is 0.0178 e. The molecule has 0 radical (unpaired) electrons. The van der Waals surface area contributed by atoms with Crippen LogP contribution in [-0.4, -0.2) is 0 Å². The number of benzene rings is 4. The van der Waals surface area contributed by atoms with Gasteiger partial charge in [-0.25, -0.2) is 0 Å². The summed E-state index contributed by atoms with van der Waals surface area (Å²) in [5.74, 6) is 0. The van der Waals surface area contributed by atoms with E-state index in [0.717, 1.165) is 4.47 Å². The second kappa shape index (κ2) is 4.66. The maximum atomic E-state index is 3.67. The van der Waals surface area contributed by atoms with E-state index in [2.05, 4.69) is 96.5 Å². The second-order valence-electron chi connectivity index (χ2n) is 7.94. The summed E-state index contributed by atoms with van der Waals surface area (Å²) in [6, 6.07) is 24.8. The van der Waals surface area contributed by atoms with E-state index in [1.807, 2.05) is 0 Å². The van der Waals surface area contributed by atoms with Crippen LogP contribution in [-0.2, 0) is 5.41 Å². The van der Waals surface area contributed by atoms with Gasteiger partial charge >= 0.3 is 0 Å². The molecule has 0 heterocycles. The predicted octanol–water partition coefficient (Wildman–Crippen LogP) is 7.56. The van der Waals surface area contributed by atoms with Gasteiger partial charge in [0, 0.05) is 9.89 Å². The van der Waals surface area contributed by atoms with Crippen LogP contribution in [0.25, 0.3) is 44.2 Å². The van der Waals surface area contributed by atoms with Crippen molar-refractivity contribution in [1.82, 2.24) is 0 Å². The molecule has 0 bridgehead atoms. The van der Waals surface area contributed by atoms with Crippen LogP contribution < -0.4 is 0 Å². The van der Waals surface area contributed by atoms with Crippen molar-refractivity contribution < 1.29 is 0 Å². The zero-order valence-electron chi connectivity index (χ0n) is 14.7. The Kier molecular flexibility index (Phi) is 2.65. The van der Waals surface area contributed by atoms with E-state index in [-0.39, 0.29) is 5.41 Å². The zero-order valence-corrected chi connectivity index (χ0v) is 16.3. The lowest BCUT2D eigenvalue weighted by Crippen LogP contribution is -2.15. The Morgan fingerprint density at radius 2 is 1.38 bits per heavy atom. The van der Waals surface area contributed by atoms with E-state index < -0.39 is 0 Å². The molecule has 2 aliphatic carbocycles. The highest BCUT2D eigenvalue weighted by Gasteiger charge is 2.38. The number of rotatable bonds is 0. The van der Waals surface area contributed by atoms with Gasteiger partial charge in [-0.15, -0.1) is 0 Å². The summed E-state index contributed by atoms with van der Waals surface area (Å²) < 4.78 is 1.15. The molecule has 0 aromatic heterocycles. The zero-order chi connectivity index (χ0) is 17.6. The van der Waals surface area contributed by atoms with Crippen molar-refractivity contribution in [2.45, 2.75) is 19.3 Å². The van der Waals surface area contributed by atoms with Crippen LogP contribution in [0.2, 0.25) is 0 Å². The lowest BCUT2D eigenvalue weighted by atomic mass is 9.81. The third-order valence-electron chi connectivity index (χ3n) is 6.27. The Balaban J connectivity index is 1.84. The summed E-state index contributed by atoms with van der Waals surface area (Å²) >= 11 is 3.67. The molecule has 1 heteroatoms. The highest BCUT2D eigenvalue weighted by molar-refractivity contribution is 9.10. The normalized spacial score (nSPS) is 15.0. The molecular weight excluding hydrogens is 380 g/mol. The van der Waals surface area contributed by atoms with Crippen molar-refractivity contribution in [2.75, 3.05) is 0 Å². The van der Waals surface area contributed by atoms with Gasteiger partial charge < -0.3 is 0 Å². The number of hydrogen-bond acceptors (Lipinski definition) is 0. The quantitative estimate of drug-likeness (QED) is 0.253. The Labute approximate surface area is 161 Å². The van der Waals surface area contributed by atoms with Crippen LogP contribution in [0.3, 0.4) is 0 Å². The Bertz CT molecular complexity index is 1260. The maximum Gasteiger partial charge on any atom is 0.0178 e. The minimum atomic E-state index is 0.00662. The van der Waals surface area contributed by atoms with Gasteiger partial charge in [0.25, 0.3) is 0 Å². The second-order valence-corrected chi connectivity index (χ2v) is 8.85. The lowest BCUT2D eigenvalue weighted by molar-refractivity contribution is 0.660. The lowest BCUT2D eigenvalue weighted by Gasteiger charge is -2.22. The first kappa shape index (κ1) is 14.8. The average molecular weight is 397 g/mol. The molecule has 6 rings (SSSR count). The summed E-state index contributed by atoms with van der Waals surface area (Å²) in [5, 5.41) is 2.80. The average Bonchev–Trinajstić information content (AvgIpc) is 3.08. The minimum Gasteiger partial charge on any atom is -0.0616 e. The topological polar surface area (TPSA) is 0 Å². The molecule has 0 amide bonds. The van der Waals surface area contributed by atoms with Crippen LogP contribution in [0, 0.1) is 0 Å². The summed E-state index contributed by atoms with van der Waals surface area (Å²) in [5.41, 5.74) is 11.2. The largest absolute Gasteiger partial charge is 0.0616 e. The molecule has 0 atom stereocenters. The van der Waals surface area contributed by atoms with Gasteiger partial charge in [0.15, 0.2) is 0 Å². The van der Waals surface area contributed by atoms with Crippen molar-refractivity contribution in [3.63, 3.8) is 0 Å². The maximum absolute atomic E-state index is 3.67. The highest BCUT2D eigenvalue weighted by Crippen LogP contribution is 2.57. The molecule has 0 aliphatic heterocycles. The molecule has 0 unspecified atom stereocenters. The number of hydrogen-bond donors (Lipinski definition) is 0. The van der Waals surface area contributed by atoms with Crippen LogP contribution in [0.4, 0.5) is 0 Å². The van der Waals surface area contributed by atoms with Gasteiger partial charge in [-0.1, -0.05) is 78.3 Å². The summed E-state index contributed by atoms with van der Waals surface area (Å²) in [6.07, 6.45) is 0. The first-order valence-electron chi connectivity index (χ1n) is 9.08. The molecule has 4 aromatic carbocycles. The third kappa shape index (κ3) is 1.61. The van der Waals surface area contributed by atoms with E-state index in [0.29, 0.717) is 0 Å². The van der Waals surface area contributed by atoms with Gasteiger partial charge in [-0.2, -0.15) is 0 Å². The SMILES string of the molecule is CC1(C)c2cc(Br)ccc2-c2c1cc1c3c(cccc23)-c2ccccc2-1. The monoisotopic (exact) mass is 396 g/mol. The van der Waals surface area contributed by atoms with Crippen LogP contribution in [0.15, 0.2) is 71.2 Å². The van der Waals surface area contributed by atoms with Gasteiger partial charge in [-0.05, 0) is 73.5 Å². The van der Waals surface area contributed by atoms with Crippen LogP contribution in [0.1, 0.15) is 25.0 Å². The predicted molar refractivity (Wildman–Crippen MR) is 114 cm³/mol. The summed E-state index contributed by atoms with van der Waals surface area (Å²) in [4.78, 5) is 0. The molecule has 0 N–H and O–H groups in total. The van der Waals surface area contributed by atoms with E-state index in [4.69, 9.17) is 0 Å². The van der Waals surface area contributed by atoms with Gasteiger partial charge in [0.2, 0.25) is 0 Å². The fraction of sp³-hybridized carbons (Fsp3) is 0.120. The molecule has 26 heavy (non-hydrogen) atoms. The number of halogens is 1. The van der Waals surface area contributed by atoms with Gasteiger partial charge in [0.1, 0.15) is 0 Å². The van der Waals surface area contributed by atoms with Crippen molar-refractivity contribution in [2.24, 2.45) is 0 Å². The molecule has 0 spiro atoms. The summed E-state index contributed by atoms with van der Waals surface area (Å²) in [7, 11) is 0. The Morgan fingerprint density at radius 3 is 2.19 bits per heavy atom.